The average Bonchev–Trinajstić information content (AvgIpc) is 3.24. The van der Waals surface area contributed by atoms with Gasteiger partial charge < -0.3 is 9.80 Å². The molecule has 0 spiro atoms. The number of thiazole rings is 1. The van der Waals surface area contributed by atoms with E-state index in [9.17, 15) is 9.18 Å². The van der Waals surface area contributed by atoms with Crippen LogP contribution in [-0.4, -0.2) is 39.5 Å². The second-order valence-corrected chi connectivity index (χ2v) is 7.52. The average molecular weight is 346 g/mol. The summed E-state index contributed by atoms with van der Waals surface area (Å²) in [4.78, 5) is 25.2. The number of hydrogen-bond donors (Lipinski definition) is 0. The second-order valence-electron chi connectivity index (χ2n) is 6.46. The number of fused-ring (bicyclic) bond motifs is 1. The number of carbonyl (C=O) groups excluding carboxylic acids is 1. The summed E-state index contributed by atoms with van der Waals surface area (Å²) in [6.07, 6.45) is 2.46. The highest BCUT2D eigenvalue weighted by molar-refractivity contribution is 7.09. The maximum absolute atomic E-state index is 14.2. The molecule has 1 aliphatic carbocycles. The Hall–Kier alpha value is -2.02. The van der Waals surface area contributed by atoms with Crippen LogP contribution in [0, 0.1) is 6.92 Å². The first-order valence-electron chi connectivity index (χ1n) is 8.13. The van der Waals surface area contributed by atoms with E-state index in [1.165, 1.54) is 0 Å². The van der Waals surface area contributed by atoms with Gasteiger partial charge in [-0.15, -0.1) is 11.3 Å². The zero-order chi connectivity index (χ0) is 16.7. The molecule has 7 heteroatoms. The highest BCUT2D eigenvalue weighted by atomic mass is 32.1. The summed E-state index contributed by atoms with van der Waals surface area (Å²) >= 11 is 1.62. The topological polar surface area (TPSA) is 49.3 Å². The molecule has 4 rings (SSSR count). The van der Waals surface area contributed by atoms with Crippen LogP contribution in [0.5, 0.6) is 0 Å². The summed E-state index contributed by atoms with van der Waals surface area (Å²) in [6.45, 7) is 4.18. The van der Waals surface area contributed by atoms with Crippen molar-refractivity contribution in [2.24, 2.45) is 0 Å². The first kappa shape index (κ1) is 15.5. The molecule has 1 amide bonds. The number of carbonyl (C=O) groups is 1. The number of halogens is 1. The Bertz CT molecular complexity index is 773. The molecular weight excluding hydrogens is 327 g/mol. The van der Waals surface area contributed by atoms with Crippen LogP contribution < -0.4 is 4.90 Å². The number of aryl methyl sites for hydroxylation is 1. The minimum atomic E-state index is -1.62. The minimum Gasteiger partial charge on any atom is -0.349 e. The van der Waals surface area contributed by atoms with E-state index in [4.69, 9.17) is 0 Å². The van der Waals surface area contributed by atoms with Crippen molar-refractivity contribution in [2.75, 3.05) is 18.0 Å². The lowest BCUT2D eigenvalue weighted by molar-refractivity contribution is -0.138. The number of pyridine rings is 1. The van der Waals surface area contributed by atoms with E-state index in [1.807, 2.05) is 24.4 Å². The summed E-state index contributed by atoms with van der Waals surface area (Å²) < 4.78 is 14.2. The third kappa shape index (κ3) is 2.88. The van der Waals surface area contributed by atoms with Crippen LogP contribution in [0.4, 0.5) is 10.2 Å². The van der Waals surface area contributed by atoms with Crippen molar-refractivity contribution in [2.45, 2.75) is 38.5 Å². The number of aromatic nitrogens is 2. The van der Waals surface area contributed by atoms with Gasteiger partial charge in [-0.05, 0) is 25.8 Å². The first-order chi connectivity index (χ1) is 11.5. The molecule has 1 aliphatic heterocycles. The maximum Gasteiger partial charge on any atom is 0.260 e. The predicted octanol–water partition coefficient (Wildman–Crippen LogP) is 2.70. The van der Waals surface area contributed by atoms with Crippen molar-refractivity contribution in [3.63, 3.8) is 0 Å². The molecule has 5 nitrogen and oxygen atoms in total. The smallest absolute Gasteiger partial charge is 0.260 e. The Morgan fingerprint density at radius 1 is 1.42 bits per heavy atom. The molecule has 1 saturated carbocycles. The van der Waals surface area contributed by atoms with E-state index in [1.54, 1.807) is 22.4 Å². The Morgan fingerprint density at radius 2 is 2.25 bits per heavy atom. The van der Waals surface area contributed by atoms with Gasteiger partial charge in [0.05, 0.1) is 17.2 Å². The summed E-state index contributed by atoms with van der Waals surface area (Å²) in [7, 11) is 0. The lowest BCUT2D eigenvalue weighted by atomic mass is 10.2. The van der Waals surface area contributed by atoms with Gasteiger partial charge in [0.1, 0.15) is 5.82 Å². The van der Waals surface area contributed by atoms with Crippen LogP contribution in [0.25, 0.3) is 0 Å². The number of alkyl halides is 1. The van der Waals surface area contributed by atoms with Crippen LogP contribution in [0.1, 0.15) is 29.1 Å². The van der Waals surface area contributed by atoms with Gasteiger partial charge in [-0.2, -0.15) is 0 Å². The van der Waals surface area contributed by atoms with Gasteiger partial charge in [0.25, 0.3) is 5.91 Å². The van der Waals surface area contributed by atoms with E-state index in [2.05, 4.69) is 14.9 Å². The molecule has 0 atom stereocenters. The van der Waals surface area contributed by atoms with E-state index in [0.29, 0.717) is 39.0 Å². The van der Waals surface area contributed by atoms with E-state index in [-0.39, 0.29) is 5.91 Å². The van der Waals surface area contributed by atoms with Crippen LogP contribution >= 0.6 is 11.3 Å². The van der Waals surface area contributed by atoms with Crippen molar-refractivity contribution in [1.82, 2.24) is 14.9 Å². The second kappa shape index (κ2) is 5.81. The molecule has 0 unspecified atom stereocenters. The number of nitrogens with zero attached hydrogens (tertiary/aromatic N) is 4. The largest absolute Gasteiger partial charge is 0.349 e. The number of amides is 1. The fourth-order valence-electron chi connectivity index (χ4n) is 3.08. The van der Waals surface area contributed by atoms with Crippen LogP contribution in [0.2, 0.25) is 0 Å². The molecule has 0 saturated heterocycles. The number of anilines is 1. The standard InChI is InChI=1S/C17H19FN4OS/c1-12-20-14(11-24-12)10-21-7-8-22(16(23)17(18)4-5-17)9-13-3-2-6-19-15(13)21/h2-3,6,11H,4-5,7-10H2,1H3. The van der Waals surface area contributed by atoms with E-state index < -0.39 is 5.67 Å². The highest BCUT2D eigenvalue weighted by Gasteiger charge is 2.53. The van der Waals surface area contributed by atoms with Gasteiger partial charge in [-0.25, -0.2) is 14.4 Å². The third-order valence-electron chi connectivity index (χ3n) is 4.55. The Balaban J connectivity index is 1.60. The Labute approximate surface area is 144 Å². The van der Waals surface area contributed by atoms with Gasteiger partial charge >= 0.3 is 0 Å². The van der Waals surface area contributed by atoms with Crippen molar-refractivity contribution in [1.29, 1.82) is 0 Å². The molecule has 126 valence electrons. The molecule has 1 fully saturated rings. The summed E-state index contributed by atoms with van der Waals surface area (Å²) in [5.41, 5.74) is 0.335. The zero-order valence-corrected chi connectivity index (χ0v) is 14.4. The van der Waals surface area contributed by atoms with E-state index >= 15 is 0 Å². The molecule has 0 bridgehead atoms. The van der Waals surface area contributed by atoms with Crippen molar-refractivity contribution < 1.29 is 9.18 Å². The van der Waals surface area contributed by atoms with Crippen molar-refractivity contribution in [3.8, 4) is 0 Å². The SMILES string of the molecule is Cc1nc(CN2CCN(C(=O)C3(F)CC3)Cc3cccnc32)cs1. The molecular formula is C17H19FN4OS. The molecule has 2 aromatic rings. The van der Waals surface area contributed by atoms with Crippen LogP contribution in [-0.2, 0) is 17.9 Å². The Kier molecular flexibility index (Phi) is 3.75. The van der Waals surface area contributed by atoms with E-state index in [0.717, 1.165) is 22.1 Å². The molecule has 0 radical (unpaired) electrons. The summed E-state index contributed by atoms with van der Waals surface area (Å²) in [5.74, 6) is 0.491. The molecule has 0 aromatic carbocycles. The molecule has 0 N–H and O–H groups in total. The maximum atomic E-state index is 14.2. The van der Waals surface area contributed by atoms with Gasteiger partial charge in [0.2, 0.25) is 0 Å². The van der Waals surface area contributed by atoms with Gasteiger partial charge in [0, 0.05) is 36.8 Å². The molecule has 3 heterocycles. The highest BCUT2D eigenvalue weighted by Crippen LogP contribution is 2.42. The first-order valence-corrected chi connectivity index (χ1v) is 9.01. The zero-order valence-electron chi connectivity index (χ0n) is 13.5. The Morgan fingerprint density at radius 3 is 2.96 bits per heavy atom. The fraction of sp³-hybridized carbons (Fsp3) is 0.471. The lowest BCUT2D eigenvalue weighted by Gasteiger charge is -2.24. The van der Waals surface area contributed by atoms with Crippen molar-refractivity contribution >= 4 is 23.1 Å². The number of rotatable bonds is 3. The van der Waals surface area contributed by atoms with Crippen molar-refractivity contribution in [3.05, 3.63) is 40.0 Å². The quantitative estimate of drug-likeness (QED) is 0.857. The van der Waals surface area contributed by atoms with Gasteiger partial charge in [0.15, 0.2) is 5.67 Å². The van der Waals surface area contributed by atoms with Gasteiger partial charge in [-0.1, -0.05) is 6.07 Å². The monoisotopic (exact) mass is 346 g/mol. The lowest BCUT2D eigenvalue weighted by Crippen LogP contribution is -2.40. The predicted molar refractivity (Wildman–Crippen MR) is 90.6 cm³/mol. The fourth-order valence-corrected chi connectivity index (χ4v) is 3.68. The van der Waals surface area contributed by atoms with Gasteiger partial charge in [-0.3, -0.25) is 4.79 Å². The number of hydrogen-bond acceptors (Lipinski definition) is 5. The van der Waals surface area contributed by atoms with Crippen LogP contribution in [0.3, 0.4) is 0 Å². The normalized spacial score (nSPS) is 18.9. The molecule has 2 aliphatic rings. The van der Waals surface area contributed by atoms with Crippen LogP contribution in [0.15, 0.2) is 23.7 Å². The third-order valence-corrected chi connectivity index (χ3v) is 5.37. The molecule has 24 heavy (non-hydrogen) atoms. The minimum absolute atomic E-state index is 0.351. The summed E-state index contributed by atoms with van der Waals surface area (Å²) in [5, 5.41) is 3.08. The molecule has 2 aromatic heterocycles. The summed E-state index contributed by atoms with van der Waals surface area (Å²) in [6, 6.07) is 3.82.